The molecule has 0 radical (unpaired) electrons. The molecule has 1 rings (SSSR count). The molecule has 0 aliphatic carbocycles. The predicted octanol–water partition coefficient (Wildman–Crippen LogP) is 2.10. The SMILES string of the molecule is CCN(CCC(=O)O)C(=O)N(C)Cc1cccs1. The van der Waals surface area contributed by atoms with Gasteiger partial charge in [0.25, 0.3) is 0 Å². The Bertz CT molecular complexity index is 392. The Morgan fingerprint density at radius 2 is 2.17 bits per heavy atom. The van der Waals surface area contributed by atoms with Crippen LogP contribution < -0.4 is 0 Å². The molecule has 1 N–H and O–H groups in total. The van der Waals surface area contributed by atoms with Crippen molar-refractivity contribution in [3.63, 3.8) is 0 Å². The summed E-state index contributed by atoms with van der Waals surface area (Å²) in [6, 6.07) is 3.79. The summed E-state index contributed by atoms with van der Waals surface area (Å²) in [5.74, 6) is -0.887. The van der Waals surface area contributed by atoms with Gasteiger partial charge in [-0.3, -0.25) is 4.79 Å². The third kappa shape index (κ3) is 4.37. The normalized spacial score (nSPS) is 10.1. The summed E-state index contributed by atoms with van der Waals surface area (Å²) in [4.78, 5) is 26.9. The molecule has 5 nitrogen and oxygen atoms in total. The second-order valence-electron chi connectivity index (χ2n) is 3.94. The minimum Gasteiger partial charge on any atom is -0.481 e. The average molecular weight is 270 g/mol. The van der Waals surface area contributed by atoms with E-state index in [1.807, 2.05) is 24.4 Å². The monoisotopic (exact) mass is 270 g/mol. The van der Waals surface area contributed by atoms with Crippen LogP contribution in [-0.2, 0) is 11.3 Å². The molecule has 1 heterocycles. The van der Waals surface area contributed by atoms with E-state index in [4.69, 9.17) is 5.11 Å². The van der Waals surface area contributed by atoms with Crippen LogP contribution in [0.25, 0.3) is 0 Å². The lowest BCUT2D eigenvalue weighted by Crippen LogP contribution is -2.41. The second-order valence-corrected chi connectivity index (χ2v) is 4.97. The highest BCUT2D eigenvalue weighted by molar-refractivity contribution is 7.09. The van der Waals surface area contributed by atoms with Crippen molar-refractivity contribution in [2.75, 3.05) is 20.1 Å². The van der Waals surface area contributed by atoms with Crippen molar-refractivity contribution in [2.45, 2.75) is 19.9 Å². The highest BCUT2D eigenvalue weighted by Gasteiger charge is 2.17. The molecule has 0 aliphatic rings. The van der Waals surface area contributed by atoms with E-state index >= 15 is 0 Å². The molecule has 2 amide bonds. The molecular weight excluding hydrogens is 252 g/mol. The zero-order valence-corrected chi connectivity index (χ0v) is 11.4. The summed E-state index contributed by atoms with van der Waals surface area (Å²) in [7, 11) is 1.73. The van der Waals surface area contributed by atoms with Crippen molar-refractivity contribution in [1.82, 2.24) is 9.80 Å². The number of urea groups is 1. The third-order valence-electron chi connectivity index (χ3n) is 2.55. The Kier molecular flexibility index (Phi) is 5.64. The number of hydrogen-bond acceptors (Lipinski definition) is 3. The zero-order chi connectivity index (χ0) is 13.5. The van der Waals surface area contributed by atoms with Gasteiger partial charge in [-0.25, -0.2) is 4.79 Å². The van der Waals surface area contributed by atoms with Gasteiger partial charge >= 0.3 is 12.0 Å². The van der Waals surface area contributed by atoms with Crippen molar-refractivity contribution in [2.24, 2.45) is 0 Å². The second kappa shape index (κ2) is 7.00. The van der Waals surface area contributed by atoms with Gasteiger partial charge in [0.2, 0.25) is 0 Å². The Labute approximate surface area is 111 Å². The van der Waals surface area contributed by atoms with Crippen LogP contribution in [0, 0.1) is 0 Å². The maximum Gasteiger partial charge on any atom is 0.320 e. The number of amides is 2. The van der Waals surface area contributed by atoms with E-state index in [0.29, 0.717) is 13.1 Å². The number of carbonyl (C=O) groups excluding carboxylic acids is 1. The van der Waals surface area contributed by atoms with Gasteiger partial charge < -0.3 is 14.9 Å². The molecule has 0 aromatic carbocycles. The van der Waals surface area contributed by atoms with Crippen LogP contribution >= 0.6 is 11.3 Å². The van der Waals surface area contributed by atoms with Gasteiger partial charge in [0.15, 0.2) is 0 Å². The van der Waals surface area contributed by atoms with Crippen LogP contribution in [-0.4, -0.2) is 47.0 Å². The van der Waals surface area contributed by atoms with Gasteiger partial charge in [0.05, 0.1) is 13.0 Å². The van der Waals surface area contributed by atoms with E-state index in [9.17, 15) is 9.59 Å². The maximum absolute atomic E-state index is 12.1. The molecule has 0 atom stereocenters. The Morgan fingerprint density at radius 3 is 2.67 bits per heavy atom. The van der Waals surface area contributed by atoms with Gasteiger partial charge in [-0.2, -0.15) is 0 Å². The van der Waals surface area contributed by atoms with Crippen LogP contribution in [0.15, 0.2) is 17.5 Å². The molecule has 6 heteroatoms. The van der Waals surface area contributed by atoms with Crippen molar-refractivity contribution >= 4 is 23.3 Å². The zero-order valence-electron chi connectivity index (χ0n) is 10.6. The van der Waals surface area contributed by atoms with Crippen LogP contribution in [0.2, 0.25) is 0 Å². The molecule has 0 aliphatic heterocycles. The van der Waals surface area contributed by atoms with Gasteiger partial charge in [-0.05, 0) is 18.4 Å². The molecule has 0 bridgehead atoms. The molecule has 0 saturated heterocycles. The Balaban J connectivity index is 2.51. The number of hydrogen-bond donors (Lipinski definition) is 1. The number of aliphatic carboxylic acids is 1. The van der Waals surface area contributed by atoms with Crippen LogP contribution in [0.3, 0.4) is 0 Å². The van der Waals surface area contributed by atoms with Crippen molar-refractivity contribution in [3.8, 4) is 0 Å². The maximum atomic E-state index is 12.1. The average Bonchev–Trinajstić information content (AvgIpc) is 2.81. The molecule has 100 valence electrons. The van der Waals surface area contributed by atoms with Crippen molar-refractivity contribution in [1.29, 1.82) is 0 Å². The first-order chi connectivity index (χ1) is 8.54. The lowest BCUT2D eigenvalue weighted by molar-refractivity contribution is -0.137. The Hall–Kier alpha value is -1.56. The fourth-order valence-electron chi connectivity index (χ4n) is 1.56. The topological polar surface area (TPSA) is 60.9 Å². The van der Waals surface area contributed by atoms with E-state index in [1.54, 1.807) is 28.2 Å². The quantitative estimate of drug-likeness (QED) is 0.861. The minimum absolute atomic E-state index is 0.0214. The molecule has 0 spiro atoms. The lowest BCUT2D eigenvalue weighted by atomic mass is 10.4. The molecule has 1 aromatic rings. The molecule has 0 unspecified atom stereocenters. The predicted molar refractivity (Wildman–Crippen MR) is 70.7 cm³/mol. The van der Waals surface area contributed by atoms with Crippen LogP contribution in [0.4, 0.5) is 4.79 Å². The number of carbonyl (C=O) groups is 2. The summed E-state index contributed by atoms with van der Waals surface area (Å²) in [5.41, 5.74) is 0. The van der Waals surface area contributed by atoms with Gasteiger partial charge in [-0.1, -0.05) is 6.07 Å². The fourth-order valence-corrected chi connectivity index (χ4v) is 2.32. The fraction of sp³-hybridized carbons (Fsp3) is 0.500. The van der Waals surface area contributed by atoms with Crippen LogP contribution in [0.1, 0.15) is 18.2 Å². The van der Waals surface area contributed by atoms with E-state index in [2.05, 4.69) is 0 Å². The molecule has 0 fully saturated rings. The lowest BCUT2D eigenvalue weighted by Gasteiger charge is -2.26. The van der Waals surface area contributed by atoms with E-state index in [-0.39, 0.29) is 19.0 Å². The van der Waals surface area contributed by atoms with Gasteiger partial charge in [0.1, 0.15) is 0 Å². The number of carboxylic acids is 1. The highest BCUT2D eigenvalue weighted by atomic mass is 32.1. The first-order valence-corrected chi connectivity index (χ1v) is 6.66. The number of rotatable bonds is 6. The summed E-state index contributed by atoms with van der Waals surface area (Å²) >= 11 is 1.60. The molecule has 1 aromatic heterocycles. The Morgan fingerprint density at radius 1 is 1.44 bits per heavy atom. The van der Waals surface area contributed by atoms with Crippen molar-refractivity contribution in [3.05, 3.63) is 22.4 Å². The largest absolute Gasteiger partial charge is 0.481 e. The van der Waals surface area contributed by atoms with Gasteiger partial charge in [0, 0.05) is 25.0 Å². The van der Waals surface area contributed by atoms with Crippen LogP contribution in [0.5, 0.6) is 0 Å². The molecule has 18 heavy (non-hydrogen) atoms. The third-order valence-corrected chi connectivity index (χ3v) is 3.41. The first-order valence-electron chi connectivity index (χ1n) is 5.78. The first kappa shape index (κ1) is 14.5. The summed E-state index contributed by atoms with van der Waals surface area (Å²) in [5, 5.41) is 10.6. The molecular formula is C12H18N2O3S. The van der Waals surface area contributed by atoms with E-state index < -0.39 is 5.97 Å². The highest BCUT2D eigenvalue weighted by Crippen LogP contribution is 2.12. The standard InChI is InChI=1S/C12H18N2O3S/c1-3-14(7-6-11(15)16)12(17)13(2)9-10-5-4-8-18-10/h4-5,8H,3,6-7,9H2,1-2H3,(H,15,16). The van der Waals surface area contributed by atoms with E-state index in [0.717, 1.165) is 4.88 Å². The minimum atomic E-state index is -0.887. The number of nitrogens with zero attached hydrogens (tertiary/aromatic N) is 2. The molecule has 0 saturated carbocycles. The summed E-state index contributed by atoms with van der Waals surface area (Å²) < 4.78 is 0. The summed E-state index contributed by atoms with van der Waals surface area (Å²) in [6.07, 6.45) is -0.0214. The smallest absolute Gasteiger partial charge is 0.320 e. The van der Waals surface area contributed by atoms with E-state index in [1.165, 1.54) is 0 Å². The van der Waals surface area contributed by atoms with Gasteiger partial charge in [-0.15, -0.1) is 11.3 Å². The van der Waals surface area contributed by atoms with Crippen molar-refractivity contribution < 1.29 is 14.7 Å². The number of carboxylic acid groups (broad SMARTS) is 1. The summed E-state index contributed by atoms with van der Waals surface area (Å²) in [6.45, 7) is 3.17. The number of thiophene rings is 1.